The lowest BCUT2D eigenvalue weighted by Crippen LogP contribution is -2.36. The summed E-state index contributed by atoms with van der Waals surface area (Å²) in [6.07, 6.45) is 3.36. The third-order valence-corrected chi connectivity index (χ3v) is 9.17. The number of hydrogen-bond donors (Lipinski definition) is 5. The molecule has 1 heterocycles. The number of anilines is 2. The van der Waals surface area contributed by atoms with Gasteiger partial charge in [-0.2, -0.15) is 0 Å². The van der Waals surface area contributed by atoms with E-state index in [1.165, 1.54) is 39.4 Å². The number of benzene rings is 3. The monoisotopic (exact) mass is 713 g/mol. The van der Waals surface area contributed by atoms with E-state index in [0.717, 1.165) is 16.4 Å². The van der Waals surface area contributed by atoms with E-state index in [0.29, 0.717) is 22.1 Å². The fourth-order valence-corrected chi connectivity index (χ4v) is 6.35. The Bertz CT molecular complexity index is 1940. The van der Waals surface area contributed by atoms with Gasteiger partial charge in [-0.25, -0.2) is 4.79 Å². The predicted molar refractivity (Wildman–Crippen MR) is 201 cm³/mol. The second kappa shape index (κ2) is 17.2. The molecule has 1 aliphatic rings. The zero-order valence-electron chi connectivity index (χ0n) is 30.2. The first-order chi connectivity index (χ1) is 24.7. The fourth-order valence-electron chi connectivity index (χ4n) is 6.35. The fraction of sp³-hybridized carbons (Fsp3) is 0.325. The Morgan fingerprint density at radius 1 is 1.02 bits per heavy atom. The largest absolute Gasteiger partial charge is 0.506 e. The lowest BCUT2D eigenvalue weighted by Gasteiger charge is -2.28. The van der Waals surface area contributed by atoms with Gasteiger partial charge in [-0.1, -0.05) is 79.3 Å². The Balaban J connectivity index is 1.93. The van der Waals surface area contributed by atoms with Gasteiger partial charge in [-0.15, -0.1) is 0 Å². The van der Waals surface area contributed by atoms with Crippen LogP contribution in [0.2, 0.25) is 0 Å². The predicted octanol–water partition coefficient (Wildman–Crippen LogP) is 5.80. The van der Waals surface area contributed by atoms with Crippen LogP contribution in [-0.2, 0) is 19.0 Å². The van der Waals surface area contributed by atoms with Gasteiger partial charge in [-0.05, 0) is 49.6 Å². The average Bonchev–Trinajstić information content (AvgIpc) is 3.12. The topological polar surface area (TPSA) is 195 Å². The molecule has 0 unspecified atom stereocenters. The Hall–Kier alpha value is -5.43. The van der Waals surface area contributed by atoms with Crippen LogP contribution in [0.15, 0.2) is 89.6 Å². The van der Waals surface area contributed by atoms with Gasteiger partial charge < -0.3 is 41.0 Å². The normalized spacial score (nSPS) is 23.1. The van der Waals surface area contributed by atoms with Crippen molar-refractivity contribution in [1.29, 1.82) is 0 Å². The Morgan fingerprint density at radius 2 is 1.71 bits per heavy atom. The minimum Gasteiger partial charge on any atom is -0.506 e. The number of hydrogen-bond acceptors (Lipinski definition) is 10. The van der Waals surface area contributed by atoms with E-state index < -0.39 is 66.2 Å². The number of carbonyl (C=O) groups excluding carboxylic acids is 3. The highest BCUT2D eigenvalue weighted by molar-refractivity contribution is 6.15. The quantitative estimate of drug-likeness (QED) is 0.0686. The summed E-state index contributed by atoms with van der Waals surface area (Å²) < 4.78 is 16.7. The number of fused-ring (bicyclic) bond motifs is 3. The molecule has 12 heteroatoms. The lowest BCUT2D eigenvalue weighted by molar-refractivity contribution is -0.115. The van der Waals surface area contributed by atoms with Gasteiger partial charge in [0.15, 0.2) is 11.9 Å². The van der Waals surface area contributed by atoms with E-state index in [9.17, 15) is 29.7 Å². The van der Waals surface area contributed by atoms with Crippen LogP contribution in [0.4, 0.5) is 16.2 Å². The first-order valence-electron chi connectivity index (χ1n) is 16.8. The zero-order chi connectivity index (χ0) is 38.3. The summed E-state index contributed by atoms with van der Waals surface area (Å²) in [6, 6.07) is 13.8. The van der Waals surface area contributed by atoms with Crippen LogP contribution < -0.4 is 16.4 Å². The van der Waals surface area contributed by atoms with Crippen LogP contribution in [0.3, 0.4) is 0 Å². The summed E-state index contributed by atoms with van der Waals surface area (Å²) in [4.78, 5) is 41.3. The number of allylic oxidation sites excluding steroid dienone is 2. The molecule has 4 rings (SSSR count). The number of ketones is 1. The molecule has 2 bridgehead atoms. The van der Waals surface area contributed by atoms with Crippen molar-refractivity contribution in [2.45, 2.75) is 58.5 Å². The molecule has 1 aliphatic heterocycles. The summed E-state index contributed by atoms with van der Waals surface area (Å²) in [5.41, 5.74) is 13.1. The molecular weight excluding hydrogens is 666 g/mol. The zero-order valence-corrected chi connectivity index (χ0v) is 30.2. The van der Waals surface area contributed by atoms with E-state index in [4.69, 9.17) is 25.7 Å². The van der Waals surface area contributed by atoms with Gasteiger partial charge in [0.25, 0.3) is 5.91 Å². The second-order valence-corrected chi connectivity index (χ2v) is 13.0. The number of amides is 2. The number of phenolic OH excluding ortho intramolecular Hbond substituents is 2. The van der Waals surface area contributed by atoms with Crippen molar-refractivity contribution in [3.05, 3.63) is 101 Å². The number of aliphatic hydroxyl groups excluding tert-OH is 1. The molecule has 0 spiro atoms. The van der Waals surface area contributed by atoms with Crippen LogP contribution in [-0.4, -0.2) is 78.3 Å². The molecule has 5 atom stereocenters. The molecule has 276 valence electrons. The number of methoxy groups -OCH3 is 2. The maximum Gasteiger partial charge on any atom is 0.405 e. The van der Waals surface area contributed by atoms with Crippen LogP contribution >= 0.6 is 0 Å². The van der Waals surface area contributed by atoms with Crippen molar-refractivity contribution in [3.8, 4) is 11.5 Å². The summed E-state index contributed by atoms with van der Waals surface area (Å²) >= 11 is 0. The number of rotatable bonds is 6. The summed E-state index contributed by atoms with van der Waals surface area (Å²) in [5.74, 6) is -2.44. The maximum atomic E-state index is 14.3. The molecule has 12 nitrogen and oxygen atoms in total. The summed E-state index contributed by atoms with van der Waals surface area (Å²) in [6.45, 7) is 6.25. The minimum atomic E-state index is -1.04. The number of phenols is 2. The highest BCUT2D eigenvalue weighted by Gasteiger charge is 2.30. The average molecular weight is 714 g/mol. The van der Waals surface area contributed by atoms with Gasteiger partial charge in [-0.3, -0.25) is 14.5 Å². The lowest BCUT2D eigenvalue weighted by atomic mass is 9.91. The molecule has 3 aromatic carbocycles. The SMILES string of the molecule is CO[C@H]1C=CC=C(C)C(=O)N(CC(=O)c2cccc3ccccc23)c2cc(O)c(N)c(c2O)/C=C(\C)C[C@H](OC)[C@H](O)[C@@H](C)C=C(C)[C@@H]1OC(N)=O. The van der Waals surface area contributed by atoms with Crippen molar-refractivity contribution in [2.75, 3.05) is 31.4 Å². The van der Waals surface area contributed by atoms with Crippen molar-refractivity contribution in [1.82, 2.24) is 0 Å². The van der Waals surface area contributed by atoms with Crippen molar-refractivity contribution >= 4 is 46.0 Å². The standard InChI is InChI=1S/C40H47N3O9/c1-22-17-29-35(41)31(44)20-30(37(29)47)43(21-32(45)28-15-10-13-26-12-7-8-14-27(26)28)39(48)23(2)11-9-16-33(50-5)38(52-40(42)49)25(4)19-24(3)36(46)34(18-22)51-6/h7-17,19-20,24,33-34,36,38,44,46-47H,18,21,41H2,1-6H3,(H2,42,49)/b16-9?,22-17+,23-11?,25-19?/t24-,33-,34-,36+,38-/m0/s1. The van der Waals surface area contributed by atoms with E-state index in [-0.39, 0.29) is 28.9 Å². The number of aromatic hydroxyl groups is 2. The molecule has 52 heavy (non-hydrogen) atoms. The first kappa shape index (κ1) is 39.4. The van der Waals surface area contributed by atoms with Crippen LogP contribution in [0.5, 0.6) is 11.5 Å². The molecule has 0 aromatic heterocycles. The van der Waals surface area contributed by atoms with E-state index in [2.05, 4.69) is 0 Å². The van der Waals surface area contributed by atoms with Crippen LogP contribution in [0.1, 0.15) is 50.0 Å². The Kier molecular flexibility index (Phi) is 13.0. The number of carbonyl (C=O) groups is 3. The van der Waals surface area contributed by atoms with Crippen LogP contribution in [0, 0.1) is 5.92 Å². The van der Waals surface area contributed by atoms with E-state index in [1.807, 2.05) is 30.3 Å². The maximum absolute atomic E-state index is 14.3. The van der Waals surface area contributed by atoms with Crippen molar-refractivity contribution < 1.29 is 43.9 Å². The smallest absolute Gasteiger partial charge is 0.405 e. The number of ether oxygens (including phenoxy) is 3. The molecule has 0 aliphatic carbocycles. The molecule has 0 saturated heterocycles. The van der Waals surface area contributed by atoms with Gasteiger partial charge in [0.05, 0.1) is 30.1 Å². The molecule has 2 amide bonds. The number of nitrogens with two attached hydrogens (primary N) is 2. The number of nitrogens with zero attached hydrogens (tertiary/aromatic N) is 1. The first-order valence-corrected chi connectivity index (χ1v) is 16.8. The van der Waals surface area contributed by atoms with Gasteiger partial charge in [0, 0.05) is 42.9 Å². The Labute approximate surface area is 303 Å². The highest BCUT2D eigenvalue weighted by Crippen LogP contribution is 2.43. The number of Topliss-reactive ketones (excluding diaryl/α,β-unsaturated/α-hetero) is 1. The summed E-state index contributed by atoms with van der Waals surface area (Å²) in [7, 11) is 2.87. The number of primary amides is 1. The van der Waals surface area contributed by atoms with Gasteiger partial charge in [0.2, 0.25) is 0 Å². The molecule has 0 fully saturated rings. The Morgan fingerprint density at radius 3 is 2.38 bits per heavy atom. The molecule has 7 N–H and O–H groups in total. The minimum absolute atomic E-state index is 0.0184. The number of aliphatic hydroxyl groups is 1. The highest BCUT2D eigenvalue weighted by atomic mass is 16.6. The van der Waals surface area contributed by atoms with Crippen molar-refractivity contribution in [3.63, 3.8) is 0 Å². The third-order valence-electron chi connectivity index (χ3n) is 9.17. The van der Waals surface area contributed by atoms with Crippen molar-refractivity contribution in [2.24, 2.45) is 11.7 Å². The van der Waals surface area contributed by atoms with Crippen LogP contribution in [0.25, 0.3) is 16.8 Å². The summed E-state index contributed by atoms with van der Waals surface area (Å²) in [5, 5.41) is 35.6. The molecule has 0 radical (unpaired) electrons. The third kappa shape index (κ3) is 8.89. The second-order valence-electron chi connectivity index (χ2n) is 13.0. The van der Waals surface area contributed by atoms with Gasteiger partial charge >= 0.3 is 6.09 Å². The van der Waals surface area contributed by atoms with E-state index >= 15 is 0 Å². The molecule has 3 aromatic rings. The molecule has 0 saturated carbocycles. The number of nitrogen functional groups attached to an aromatic ring is 1. The molecular formula is C40H47N3O9. The van der Waals surface area contributed by atoms with Gasteiger partial charge in [0.1, 0.15) is 17.6 Å². The van der Waals surface area contributed by atoms with E-state index in [1.54, 1.807) is 45.1 Å².